The van der Waals surface area contributed by atoms with Crippen LogP contribution in [0.4, 0.5) is 28.4 Å². The Bertz CT molecular complexity index is 829. The van der Waals surface area contributed by atoms with Gasteiger partial charge in [0.15, 0.2) is 5.69 Å². The van der Waals surface area contributed by atoms with Gasteiger partial charge in [0.25, 0.3) is 5.69 Å². The number of nitro groups is 3. The highest BCUT2D eigenvalue weighted by molar-refractivity contribution is 5.82. The lowest BCUT2D eigenvalue weighted by molar-refractivity contribution is -0.401. The molecule has 0 saturated carbocycles. The molecule has 1 N–H and O–H groups in total. The number of non-ortho nitro benzene ring substituents is 1. The van der Waals surface area contributed by atoms with E-state index < -0.39 is 37.5 Å². The van der Waals surface area contributed by atoms with Crippen molar-refractivity contribution in [3.8, 4) is 0 Å². The van der Waals surface area contributed by atoms with Crippen LogP contribution in [0.2, 0.25) is 0 Å². The zero-order chi connectivity index (χ0) is 18.0. The van der Waals surface area contributed by atoms with Crippen molar-refractivity contribution in [2.24, 2.45) is 0 Å². The van der Waals surface area contributed by atoms with E-state index in [0.29, 0.717) is 17.8 Å². The Morgan fingerprint density at radius 1 is 0.875 bits per heavy atom. The minimum Gasteiger partial charge on any atom is -0.344 e. The van der Waals surface area contributed by atoms with E-state index in [2.05, 4.69) is 5.32 Å². The van der Waals surface area contributed by atoms with Crippen molar-refractivity contribution < 1.29 is 14.8 Å². The van der Waals surface area contributed by atoms with Crippen LogP contribution in [0.15, 0.2) is 30.3 Å². The summed E-state index contributed by atoms with van der Waals surface area (Å²) in [6.45, 7) is 3.57. The van der Waals surface area contributed by atoms with E-state index in [1.807, 2.05) is 13.0 Å². The first kappa shape index (κ1) is 16.8. The highest BCUT2D eigenvalue weighted by atomic mass is 16.6. The molecule has 124 valence electrons. The summed E-state index contributed by atoms with van der Waals surface area (Å²) in [7, 11) is 0. The summed E-state index contributed by atoms with van der Waals surface area (Å²) in [5, 5.41) is 36.0. The highest BCUT2D eigenvalue weighted by Gasteiger charge is 2.31. The van der Waals surface area contributed by atoms with Crippen molar-refractivity contribution in [1.82, 2.24) is 0 Å². The topological polar surface area (TPSA) is 141 Å². The van der Waals surface area contributed by atoms with Gasteiger partial charge in [-0.1, -0.05) is 12.1 Å². The zero-order valence-electron chi connectivity index (χ0n) is 12.7. The number of aryl methyl sites for hydroxylation is 1. The normalized spacial score (nSPS) is 10.2. The van der Waals surface area contributed by atoms with E-state index in [1.54, 1.807) is 19.1 Å². The van der Waals surface area contributed by atoms with Crippen molar-refractivity contribution in [3.05, 3.63) is 71.8 Å². The summed E-state index contributed by atoms with van der Waals surface area (Å²) in [6, 6.07) is 6.50. The Kier molecular flexibility index (Phi) is 4.40. The van der Waals surface area contributed by atoms with E-state index in [0.717, 1.165) is 11.1 Å². The number of benzene rings is 2. The molecule has 0 aliphatic rings. The van der Waals surface area contributed by atoms with Crippen LogP contribution in [0.3, 0.4) is 0 Å². The molecule has 2 aromatic carbocycles. The van der Waals surface area contributed by atoms with Gasteiger partial charge in [0.1, 0.15) is 0 Å². The van der Waals surface area contributed by atoms with Gasteiger partial charge in [0.2, 0.25) is 0 Å². The molecule has 10 heteroatoms. The molecule has 0 heterocycles. The van der Waals surface area contributed by atoms with Crippen LogP contribution < -0.4 is 5.32 Å². The number of nitrogens with zero attached hydrogens (tertiary/aromatic N) is 3. The first-order valence-electron chi connectivity index (χ1n) is 6.66. The van der Waals surface area contributed by atoms with Crippen molar-refractivity contribution in [2.45, 2.75) is 13.8 Å². The van der Waals surface area contributed by atoms with Crippen LogP contribution >= 0.6 is 0 Å². The standard InChI is InChI=1S/C14H12N4O6/c1-8-4-3-5-11(9(8)2)15-14-12(17(21)22)6-10(16(19)20)7-13(14)18(23)24/h3-7,15H,1-2H3. The summed E-state index contributed by atoms with van der Waals surface area (Å²) < 4.78 is 0. The van der Waals surface area contributed by atoms with Crippen molar-refractivity contribution in [1.29, 1.82) is 0 Å². The van der Waals surface area contributed by atoms with Gasteiger partial charge in [-0.25, -0.2) is 0 Å². The van der Waals surface area contributed by atoms with Crippen LogP contribution in [0.1, 0.15) is 11.1 Å². The molecule has 0 radical (unpaired) electrons. The number of hydrogen-bond donors (Lipinski definition) is 1. The van der Waals surface area contributed by atoms with Crippen molar-refractivity contribution in [3.63, 3.8) is 0 Å². The molecule has 0 aliphatic carbocycles. The van der Waals surface area contributed by atoms with Crippen LogP contribution in [0, 0.1) is 44.2 Å². The molecular formula is C14H12N4O6. The fraction of sp³-hybridized carbons (Fsp3) is 0.143. The minimum atomic E-state index is -0.915. The van der Waals surface area contributed by atoms with E-state index in [1.165, 1.54) is 0 Å². The van der Waals surface area contributed by atoms with Gasteiger partial charge in [-0.15, -0.1) is 0 Å². The molecule has 24 heavy (non-hydrogen) atoms. The molecule has 0 amide bonds. The molecule has 0 aliphatic heterocycles. The Balaban J connectivity index is 2.71. The average Bonchev–Trinajstić information content (AvgIpc) is 2.51. The third-order valence-electron chi connectivity index (χ3n) is 3.55. The van der Waals surface area contributed by atoms with Crippen LogP contribution in [-0.2, 0) is 0 Å². The van der Waals surface area contributed by atoms with E-state index in [-0.39, 0.29) is 0 Å². The van der Waals surface area contributed by atoms with Crippen molar-refractivity contribution >= 4 is 28.4 Å². The summed E-state index contributed by atoms with van der Waals surface area (Å²) in [4.78, 5) is 30.6. The number of nitro benzene ring substituents is 3. The summed E-state index contributed by atoms with van der Waals surface area (Å²) in [5.41, 5.74) is -0.528. The maximum Gasteiger partial charge on any atom is 0.306 e. The van der Waals surface area contributed by atoms with Gasteiger partial charge in [0, 0.05) is 5.69 Å². The smallest absolute Gasteiger partial charge is 0.306 e. The lowest BCUT2D eigenvalue weighted by atomic mass is 10.1. The molecule has 0 bridgehead atoms. The number of rotatable bonds is 5. The summed E-state index contributed by atoms with van der Waals surface area (Å²) >= 11 is 0. The van der Waals surface area contributed by atoms with Gasteiger partial charge in [-0.2, -0.15) is 0 Å². The molecule has 0 fully saturated rings. The average molecular weight is 332 g/mol. The summed E-state index contributed by atoms with van der Waals surface area (Å²) in [6.07, 6.45) is 0. The van der Waals surface area contributed by atoms with Gasteiger partial charge in [0.05, 0.1) is 26.9 Å². The first-order valence-corrected chi connectivity index (χ1v) is 6.66. The van der Waals surface area contributed by atoms with Gasteiger partial charge in [-0.05, 0) is 31.0 Å². The fourth-order valence-corrected chi connectivity index (χ4v) is 2.14. The highest BCUT2D eigenvalue weighted by Crippen LogP contribution is 2.40. The van der Waals surface area contributed by atoms with Crippen molar-refractivity contribution in [2.75, 3.05) is 5.32 Å². The first-order chi connectivity index (χ1) is 11.2. The summed E-state index contributed by atoms with van der Waals surface area (Å²) in [5.74, 6) is 0. The second-order valence-electron chi connectivity index (χ2n) is 5.00. The molecule has 0 saturated heterocycles. The zero-order valence-corrected chi connectivity index (χ0v) is 12.7. The monoisotopic (exact) mass is 332 g/mol. The van der Waals surface area contributed by atoms with Crippen LogP contribution in [0.5, 0.6) is 0 Å². The van der Waals surface area contributed by atoms with Crippen LogP contribution in [0.25, 0.3) is 0 Å². The maximum absolute atomic E-state index is 11.2. The number of hydrogen-bond acceptors (Lipinski definition) is 7. The Hall–Kier alpha value is -3.56. The lowest BCUT2D eigenvalue weighted by Gasteiger charge is -2.12. The lowest BCUT2D eigenvalue weighted by Crippen LogP contribution is -2.04. The van der Waals surface area contributed by atoms with Gasteiger partial charge in [-0.3, -0.25) is 30.3 Å². The third-order valence-corrected chi connectivity index (χ3v) is 3.55. The molecule has 2 rings (SSSR count). The van der Waals surface area contributed by atoms with E-state index >= 15 is 0 Å². The van der Waals surface area contributed by atoms with E-state index in [4.69, 9.17) is 0 Å². The molecule has 0 aromatic heterocycles. The third kappa shape index (κ3) is 3.11. The molecule has 0 unspecified atom stereocenters. The molecular weight excluding hydrogens is 320 g/mol. The second-order valence-corrected chi connectivity index (χ2v) is 5.00. The van der Waals surface area contributed by atoms with E-state index in [9.17, 15) is 30.3 Å². The Morgan fingerprint density at radius 2 is 1.42 bits per heavy atom. The van der Waals surface area contributed by atoms with Gasteiger partial charge < -0.3 is 5.32 Å². The maximum atomic E-state index is 11.2. The molecule has 0 atom stereocenters. The predicted octanol–water partition coefficient (Wildman–Crippen LogP) is 3.77. The molecule has 10 nitrogen and oxygen atoms in total. The van der Waals surface area contributed by atoms with Crippen LogP contribution in [-0.4, -0.2) is 14.8 Å². The Labute approximate surface area is 135 Å². The fourth-order valence-electron chi connectivity index (χ4n) is 2.14. The largest absolute Gasteiger partial charge is 0.344 e. The van der Waals surface area contributed by atoms with Gasteiger partial charge >= 0.3 is 11.4 Å². The molecule has 2 aromatic rings. The minimum absolute atomic E-state index is 0.399. The number of nitrogens with one attached hydrogen (secondary N) is 1. The predicted molar refractivity (Wildman–Crippen MR) is 85.6 cm³/mol. The SMILES string of the molecule is Cc1cccc(Nc2c([N+](=O)[O-])cc([N+](=O)[O-])cc2[N+](=O)[O-])c1C. The number of anilines is 2. The molecule has 0 spiro atoms. The quantitative estimate of drug-likeness (QED) is 0.648. The Morgan fingerprint density at radius 3 is 1.88 bits per heavy atom. The second kappa shape index (κ2) is 6.28.